The monoisotopic (exact) mass is 155 g/mol. The summed E-state index contributed by atoms with van der Waals surface area (Å²) >= 11 is 1.56. The van der Waals surface area contributed by atoms with Gasteiger partial charge in [-0.25, -0.2) is 4.98 Å². The van der Waals surface area contributed by atoms with Gasteiger partial charge in [0.25, 0.3) is 0 Å². The minimum absolute atomic E-state index is 0.163. The summed E-state index contributed by atoms with van der Waals surface area (Å²) in [7, 11) is 0. The van der Waals surface area contributed by atoms with Crippen molar-refractivity contribution in [2.24, 2.45) is 0 Å². The summed E-state index contributed by atoms with van der Waals surface area (Å²) in [6.45, 7) is 0.163. The second kappa shape index (κ2) is 2.32. The molecule has 1 N–H and O–H groups in total. The van der Waals surface area contributed by atoms with Gasteiger partial charge in [-0.1, -0.05) is 0 Å². The molecule has 3 heteroatoms. The molecule has 2 rings (SSSR count). The van der Waals surface area contributed by atoms with Crippen molar-refractivity contribution < 1.29 is 5.11 Å². The molecule has 10 heavy (non-hydrogen) atoms. The van der Waals surface area contributed by atoms with Crippen molar-refractivity contribution in [1.82, 2.24) is 4.98 Å². The first-order chi connectivity index (χ1) is 4.92. The Hall–Kier alpha value is -0.410. The van der Waals surface area contributed by atoms with Gasteiger partial charge in [-0.05, 0) is 12.8 Å². The van der Waals surface area contributed by atoms with Crippen LogP contribution >= 0.6 is 11.3 Å². The van der Waals surface area contributed by atoms with E-state index in [1.807, 2.05) is 5.51 Å². The van der Waals surface area contributed by atoms with Gasteiger partial charge >= 0.3 is 0 Å². The van der Waals surface area contributed by atoms with Crippen LogP contribution in [-0.4, -0.2) is 10.1 Å². The SMILES string of the molecule is OCc1scnc1C1CC1. The summed E-state index contributed by atoms with van der Waals surface area (Å²) in [5.41, 5.74) is 2.96. The minimum atomic E-state index is 0.163. The van der Waals surface area contributed by atoms with Crippen molar-refractivity contribution in [3.63, 3.8) is 0 Å². The molecule has 1 fully saturated rings. The summed E-state index contributed by atoms with van der Waals surface area (Å²) in [5, 5.41) is 8.85. The van der Waals surface area contributed by atoms with Crippen LogP contribution < -0.4 is 0 Å². The molecule has 0 bridgehead atoms. The third kappa shape index (κ3) is 0.954. The van der Waals surface area contributed by atoms with Gasteiger partial charge in [0.1, 0.15) is 0 Å². The van der Waals surface area contributed by atoms with E-state index in [0.29, 0.717) is 5.92 Å². The van der Waals surface area contributed by atoms with Gasteiger partial charge in [-0.2, -0.15) is 0 Å². The number of thiazole rings is 1. The standard InChI is InChI=1S/C7H9NOS/c9-3-6-7(5-1-2-5)8-4-10-6/h4-5,9H,1-3H2. The summed E-state index contributed by atoms with van der Waals surface area (Å²) in [4.78, 5) is 5.27. The molecule has 1 aromatic rings. The number of nitrogens with zero attached hydrogens (tertiary/aromatic N) is 1. The lowest BCUT2D eigenvalue weighted by atomic mass is 10.3. The van der Waals surface area contributed by atoms with E-state index in [1.54, 1.807) is 11.3 Å². The predicted octanol–water partition coefficient (Wildman–Crippen LogP) is 1.51. The fraction of sp³-hybridized carbons (Fsp3) is 0.571. The number of hydrogen-bond acceptors (Lipinski definition) is 3. The molecular weight excluding hydrogens is 146 g/mol. The highest BCUT2D eigenvalue weighted by atomic mass is 32.1. The molecule has 1 heterocycles. The average Bonchev–Trinajstić information content (AvgIpc) is 2.69. The molecule has 1 aliphatic carbocycles. The van der Waals surface area contributed by atoms with E-state index in [4.69, 9.17) is 5.11 Å². The topological polar surface area (TPSA) is 33.1 Å². The molecule has 1 saturated carbocycles. The van der Waals surface area contributed by atoms with Gasteiger partial charge in [0.15, 0.2) is 0 Å². The second-order valence-corrected chi connectivity index (χ2v) is 3.53. The lowest BCUT2D eigenvalue weighted by molar-refractivity contribution is 0.284. The first-order valence-corrected chi connectivity index (χ1v) is 4.33. The highest BCUT2D eigenvalue weighted by Crippen LogP contribution is 2.41. The van der Waals surface area contributed by atoms with Crippen LogP contribution in [0.1, 0.15) is 29.3 Å². The predicted molar refractivity (Wildman–Crippen MR) is 40.0 cm³/mol. The van der Waals surface area contributed by atoms with Crippen molar-refractivity contribution >= 4 is 11.3 Å². The zero-order valence-electron chi connectivity index (χ0n) is 5.58. The Balaban J connectivity index is 2.28. The van der Waals surface area contributed by atoms with Crippen LogP contribution in [0.2, 0.25) is 0 Å². The van der Waals surface area contributed by atoms with E-state index < -0.39 is 0 Å². The largest absolute Gasteiger partial charge is 0.391 e. The number of aliphatic hydroxyl groups excluding tert-OH is 1. The highest BCUT2D eigenvalue weighted by Gasteiger charge is 2.27. The van der Waals surface area contributed by atoms with Crippen LogP contribution in [-0.2, 0) is 6.61 Å². The Morgan fingerprint density at radius 3 is 3.10 bits per heavy atom. The molecule has 54 valence electrons. The molecule has 0 saturated heterocycles. The molecule has 0 spiro atoms. The van der Waals surface area contributed by atoms with Crippen molar-refractivity contribution in [2.45, 2.75) is 25.4 Å². The van der Waals surface area contributed by atoms with Crippen LogP contribution in [0.3, 0.4) is 0 Å². The maximum absolute atomic E-state index is 8.85. The molecule has 0 radical (unpaired) electrons. The summed E-state index contributed by atoms with van der Waals surface area (Å²) in [6, 6.07) is 0. The van der Waals surface area contributed by atoms with E-state index in [9.17, 15) is 0 Å². The van der Waals surface area contributed by atoms with Crippen LogP contribution in [0, 0.1) is 0 Å². The van der Waals surface area contributed by atoms with E-state index in [0.717, 1.165) is 10.6 Å². The van der Waals surface area contributed by atoms with Gasteiger partial charge < -0.3 is 5.11 Å². The maximum Gasteiger partial charge on any atom is 0.0798 e. The van der Waals surface area contributed by atoms with E-state index in [1.165, 1.54) is 12.8 Å². The maximum atomic E-state index is 8.85. The molecular formula is C7H9NOS. The lowest BCUT2D eigenvalue weighted by Crippen LogP contribution is -1.86. The van der Waals surface area contributed by atoms with E-state index in [2.05, 4.69) is 4.98 Å². The van der Waals surface area contributed by atoms with E-state index in [-0.39, 0.29) is 6.61 Å². The van der Waals surface area contributed by atoms with Crippen molar-refractivity contribution in [2.75, 3.05) is 0 Å². The Morgan fingerprint density at radius 2 is 2.50 bits per heavy atom. The fourth-order valence-corrected chi connectivity index (χ4v) is 1.80. The first-order valence-electron chi connectivity index (χ1n) is 3.45. The first kappa shape index (κ1) is 6.31. The smallest absolute Gasteiger partial charge is 0.0798 e. The van der Waals surface area contributed by atoms with Gasteiger partial charge in [0.2, 0.25) is 0 Å². The van der Waals surface area contributed by atoms with Gasteiger partial charge in [0, 0.05) is 5.92 Å². The Morgan fingerprint density at radius 1 is 1.70 bits per heavy atom. The molecule has 0 aliphatic heterocycles. The molecule has 1 aliphatic rings. The fourth-order valence-electron chi connectivity index (χ4n) is 1.09. The van der Waals surface area contributed by atoms with Gasteiger partial charge in [-0.3, -0.25) is 0 Å². The van der Waals surface area contributed by atoms with E-state index >= 15 is 0 Å². The summed E-state index contributed by atoms with van der Waals surface area (Å²) in [6.07, 6.45) is 2.52. The van der Waals surface area contributed by atoms with Gasteiger partial charge in [0.05, 0.1) is 22.7 Å². The van der Waals surface area contributed by atoms with Crippen LogP contribution in [0.4, 0.5) is 0 Å². The summed E-state index contributed by atoms with van der Waals surface area (Å²) < 4.78 is 0. The van der Waals surface area contributed by atoms with Crippen molar-refractivity contribution in [1.29, 1.82) is 0 Å². The second-order valence-electron chi connectivity index (χ2n) is 2.59. The Kier molecular flexibility index (Phi) is 1.47. The summed E-state index contributed by atoms with van der Waals surface area (Å²) in [5.74, 6) is 0.674. The normalized spacial score (nSPS) is 17.7. The molecule has 0 unspecified atom stereocenters. The number of rotatable bonds is 2. The third-order valence-electron chi connectivity index (χ3n) is 1.78. The van der Waals surface area contributed by atoms with Crippen LogP contribution in [0.5, 0.6) is 0 Å². The zero-order valence-corrected chi connectivity index (χ0v) is 6.40. The molecule has 2 nitrogen and oxygen atoms in total. The molecule has 1 aromatic heterocycles. The number of aromatic nitrogens is 1. The molecule has 0 atom stereocenters. The lowest BCUT2D eigenvalue weighted by Gasteiger charge is -1.92. The van der Waals surface area contributed by atoms with Crippen LogP contribution in [0.25, 0.3) is 0 Å². The molecule has 0 amide bonds. The Bertz CT molecular complexity index is 229. The quantitative estimate of drug-likeness (QED) is 0.702. The highest BCUT2D eigenvalue weighted by molar-refractivity contribution is 7.09. The number of hydrogen-bond donors (Lipinski definition) is 1. The Labute approximate surface area is 63.5 Å². The average molecular weight is 155 g/mol. The van der Waals surface area contributed by atoms with Crippen molar-refractivity contribution in [3.05, 3.63) is 16.1 Å². The third-order valence-corrected chi connectivity index (χ3v) is 2.61. The zero-order chi connectivity index (χ0) is 6.97. The van der Waals surface area contributed by atoms with Crippen LogP contribution in [0.15, 0.2) is 5.51 Å². The van der Waals surface area contributed by atoms with Gasteiger partial charge in [-0.15, -0.1) is 11.3 Å². The minimum Gasteiger partial charge on any atom is -0.391 e. The van der Waals surface area contributed by atoms with Crippen molar-refractivity contribution in [3.8, 4) is 0 Å². The molecule has 0 aromatic carbocycles. The number of aliphatic hydroxyl groups is 1.